The Hall–Kier alpha value is -0.790. The molecule has 1 atom stereocenters. The minimum Gasteiger partial charge on any atom is -0.504 e. The summed E-state index contributed by atoms with van der Waals surface area (Å²) >= 11 is 0. The molecule has 1 unspecified atom stereocenters. The van der Waals surface area contributed by atoms with Crippen molar-refractivity contribution in [2.24, 2.45) is 0 Å². The largest absolute Gasteiger partial charge is 0.504 e. The zero-order valence-corrected chi connectivity index (χ0v) is 5.64. The molecule has 0 bridgehead atoms. The van der Waals surface area contributed by atoms with E-state index < -0.39 is 0 Å². The van der Waals surface area contributed by atoms with Gasteiger partial charge < -0.3 is 5.11 Å². The van der Waals surface area contributed by atoms with Gasteiger partial charge in [-0.3, -0.25) is 4.79 Å². The lowest BCUT2D eigenvalue weighted by molar-refractivity contribution is 0.482. The highest BCUT2D eigenvalue weighted by Gasteiger charge is 2.25. The number of aromatic hydroxyl groups is 1. The van der Waals surface area contributed by atoms with E-state index in [1.54, 1.807) is 0 Å². The first-order chi connectivity index (χ1) is 4.18. The lowest BCUT2D eigenvalue weighted by Crippen LogP contribution is -1.87. The Balaban J connectivity index is 2.68. The topological polar surface area (TPSA) is 37.3 Å². The third kappa shape index (κ3) is 0.846. The van der Waals surface area contributed by atoms with Crippen LogP contribution in [0.2, 0.25) is 0 Å². The summed E-state index contributed by atoms with van der Waals surface area (Å²) < 4.78 is 0. The van der Waals surface area contributed by atoms with Crippen molar-refractivity contribution in [3.63, 3.8) is 0 Å². The molecule has 0 heterocycles. The van der Waals surface area contributed by atoms with E-state index in [1.807, 2.05) is 13.8 Å². The van der Waals surface area contributed by atoms with Crippen molar-refractivity contribution in [1.29, 1.82) is 0 Å². The lowest BCUT2D eigenvalue weighted by Gasteiger charge is -1.95. The molecule has 0 aliphatic carbocycles. The highest BCUT2D eigenvalue weighted by molar-refractivity contribution is 5.47. The van der Waals surface area contributed by atoms with Crippen LogP contribution in [0.5, 0.6) is 5.75 Å². The molecule has 2 heteroatoms. The first-order valence-corrected chi connectivity index (χ1v) is 3.16. The molecule has 1 N–H and O–H groups in total. The van der Waals surface area contributed by atoms with Crippen molar-refractivity contribution in [2.75, 3.05) is 0 Å². The van der Waals surface area contributed by atoms with Crippen LogP contribution in [-0.4, -0.2) is 5.11 Å². The quantitative estimate of drug-likeness (QED) is 0.645. The summed E-state index contributed by atoms with van der Waals surface area (Å²) in [6, 6.07) is 0. The SMILES string of the molecule is CCC(C)c1c(O)c1=O. The Bertz CT molecular complexity index is 218. The highest BCUT2D eigenvalue weighted by Crippen LogP contribution is 2.28. The van der Waals surface area contributed by atoms with Crippen LogP contribution < -0.4 is 5.43 Å². The molecule has 0 aliphatic rings. The fourth-order valence-electron chi connectivity index (χ4n) is 0.835. The Morgan fingerprint density at radius 1 is 1.67 bits per heavy atom. The van der Waals surface area contributed by atoms with Gasteiger partial charge >= 0.3 is 0 Å². The summed E-state index contributed by atoms with van der Waals surface area (Å²) in [6.45, 7) is 3.94. The van der Waals surface area contributed by atoms with Crippen LogP contribution in [0, 0.1) is 0 Å². The zero-order chi connectivity index (χ0) is 7.02. The van der Waals surface area contributed by atoms with E-state index in [0.29, 0.717) is 5.56 Å². The molecule has 0 aliphatic heterocycles. The molecule has 0 amide bonds. The van der Waals surface area contributed by atoms with E-state index in [0.717, 1.165) is 6.42 Å². The normalized spacial score (nSPS) is 14.4. The first-order valence-electron chi connectivity index (χ1n) is 3.16. The van der Waals surface area contributed by atoms with Gasteiger partial charge in [0.05, 0.1) is 5.56 Å². The second-order valence-corrected chi connectivity index (χ2v) is 2.40. The van der Waals surface area contributed by atoms with Crippen LogP contribution in [0.4, 0.5) is 0 Å². The third-order valence-corrected chi connectivity index (χ3v) is 1.76. The van der Waals surface area contributed by atoms with Crippen LogP contribution in [0.1, 0.15) is 31.7 Å². The van der Waals surface area contributed by atoms with Gasteiger partial charge in [-0.25, -0.2) is 0 Å². The summed E-state index contributed by atoms with van der Waals surface area (Å²) in [5.74, 6) is 0.252. The summed E-state index contributed by atoms with van der Waals surface area (Å²) in [4.78, 5) is 10.5. The molecule has 0 saturated heterocycles. The van der Waals surface area contributed by atoms with Gasteiger partial charge in [-0.1, -0.05) is 13.8 Å². The van der Waals surface area contributed by atoms with E-state index >= 15 is 0 Å². The second-order valence-electron chi connectivity index (χ2n) is 2.40. The first kappa shape index (κ1) is 6.33. The van der Waals surface area contributed by atoms with Gasteiger partial charge in [0.15, 0.2) is 5.75 Å². The van der Waals surface area contributed by atoms with Crippen molar-refractivity contribution in [2.45, 2.75) is 26.2 Å². The Kier molecular flexibility index (Phi) is 1.31. The monoisotopic (exact) mass is 126 g/mol. The van der Waals surface area contributed by atoms with E-state index in [1.165, 1.54) is 0 Å². The van der Waals surface area contributed by atoms with Crippen LogP contribution in [0.15, 0.2) is 4.79 Å². The molecule has 0 fully saturated rings. The maximum Gasteiger partial charge on any atom is 0.227 e. The number of hydrogen-bond donors (Lipinski definition) is 1. The Morgan fingerprint density at radius 2 is 2.11 bits per heavy atom. The maximum atomic E-state index is 10.5. The van der Waals surface area contributed by atoms with Gasteiger partial charge in [0.2, 0.25) is 5.43 Å². The molecule has 0 radical (unpaired) electrons. The lowest BCUT2D eigenvalue weighted by atomic mass is 10.1. The van der Waals surface area contributed by atoms with Crippen molar-refractivity contribution >= 4 is 0 Å². The molecule has 2 nitrogen and oxygen atoms in total. The van der Waals surface area contributed by atoms with Gasteiger partial charge in [0, 0.05) is 0 Å². The molecule has 9 heavy (non-hydrogen) atoms. The zero-order valence-electron chi connectivity index (χ0n) is 5.64. The minimum atomic E-state index is -0.135. The summed E-state index contributed by atoms with van der Waals surface area (Å²) in [7, 11) is 0. The summed E-state index contributed by atoms with van der Waals surface area (Å²) in [5, 5.41) is 8.73. The molecule has 50 valence electrons. The molecular formula is C7H10O2. The summed E-state index contributed by atoms with van der Waals surface area (Å²) in [6.07, 6.45) is 0.922. The predicted molar refractivity (Wildman–Crippen MR) is 35.5 cm³/mol. The van der Waals surface area contributed by atoms with Crippen molar-refractivity contribution < 1.29 is 5.11 Å². The van der Waals surface area contributed by atoms with E-state index in [4.69, 9.17) is 5.11 Å². The Labute approximate surface area is 53.8 Å². The molecule has 1 aromatic carbocycles. The van der Waals surface area contributed by atoms with E-state index in [2.05, 4.69) is 0 Å². The van der Waals surface area contributed by atoms with Gasteiger partial charge in [-0.05, 0) is 12.3 Å². The van der Waals surface area contributed by atoms with Crippen LogP contribution in [0.3, 0.4) is 0 Å². The molecule has 0 aromatic heterocycles. The average Bonchev–Trinajstić information content (AvgIpc) is 2.40. The maximum absolute atomic E-state index is 10.5. The predicted octanol–water partition coefficient (Wildman–Crippen LogP) is 1.14. The van der Waals surface area contributed by atoms with Crippen molar-refractivity contribution in [1.82, 2.24) is 0 Å². The molecule has 0 spiro atoms. The van der Waals surface area contributed by atoms with Crippen LogP contribution in [-0.2, 0) is 0 Å². The molecule has 0 saturated carbocycles. The van der Waals surface area contributed by atoms with E-state index in [-0.39, 0.29) is 17.1 Å². The van der Waals surface area contributed by atoms with Crippen molar-refractivity contribution in [3.05, 3.63) is 15.8 Å². The number of hydrogen-bond acceptors (Lipinski definition) is 2. The average molecular weight is 126 g/mol. The summed E-state index contributed by atoms with van der Waals surface area (Å²) in [5.41, 5.74) is 0.502. The second kappa shape index (κ2) is 1.87. The smallest absolute Gasteiger partial charge is 0.227 e. The van der Waals surface area contributed by atoms with Crippen molar-refractivity contribution in [3.8, 4) is 5.75 Å². The number of rotatable bonds is 2. The van der Waals surface area contributed by atoms with Gasteiger partial charge in [0.1, 0.15) is 0 Å². The third-order valence-electron chi connectivity index (χ3n) is 1.76. The standard InChI is InChI=1S/C7H10O2/c1-3-4(2)5-6(8)7(5)9/h4,8H,3H2,1-2H3. The minimum absolute atomic E-state index is 0.00403. The highest BCUT2D eigenvalue weighted by atomic mass is 16.3. The van der Waals surface area contributed by atoms with Crippen LogP contribution >= 0.6 is 0 Å². The fraction of sp³-hybridized carbons (Fsp3) is 0.571. The molecular weight excluding hydrogens is 116 g/mol. The van der Waals surface area contributed by atoms with Gasteiger partial charge in [-0.2, -0.15) is 0 Å². The van der Waals surface area contributed by atoms with Gasteiger partial charge in [-0.15, -0.1) is 0 Å². The molecule has 1 aromatic rings. The van der Waals surface area contributed by atoms with Gasteiger partial charge in [0.25, 0.3) is 0 Å². The molecule has 1 rings (SSSR count). The van der Waals surface area contributed by atoms with Crippen LogP contribution in [0.25, 0.3) is 0 Å². The fourth-order valence-corrected chi connectivity index (χ4v) is 0.835. The van der Waals surface area contributed by atoms with E-state index in [9.17, 15) is 4.79 Å². The Morgan fingerprint density at radius 3 is 2.22 bits per heavy atom.